The van der Waals surface area contributed by atoms with Gasteiger partial charge in [-0.3, -0.25) is 4.79 Å². The summed E-state index contributed by atoms with van der Waals surface area (Å²) in [5.74, 6) is -1.72. The quantitative estimate of drug-likeness (QED) is 0.642. The highest BCUT2D eigenvalue weighted by atomic mass is 32.2. The van der Waals surface area contributed by atoms with Gasteiger partial charge in [-0.05, 0) is 42.8 Å². The van der Waals surface area contributed by atoms with Crippen molar-refractivity contribution in [1.82, 2.24) is 4.31 Å². The van der Waals surface area contributed by atoms with Crippen molar-refractivity contribution in [2.75, 3.05) is 18.9 Å². The van der Waals surface area contributed by atoms with E-state index in [-0.39, 0.29) is 30.0 Å². The summed E-state index contributed by atoms with van der Waals surface area (Å²) in [7, 11) is -2.54. The molecule has 0 saturated carbocycles. The number of halogens is 4. The average molecular weight is 434 g/mol. The number of sulfonamides is 1. The Morgan fingerprint density at radius 3 is 2.34 bits per heavy atom. The fourth-order valence-electron chi connectivity index (χ4n) is 2.37. The number of benzene rings is 2. The summed E-state index contributed by atoms with van der Waals surface area (Å²) in [4.78, 5) is 11.9. The minimum absolute atomic E-state index is 0.0200. The van der Waals surface area contributed by atoms with E-state index in [2.05, 4.69) is 10.1 Å². The molecule has 2 rings (SSSR count). The van der Waals surface area contributed by atoms with Crippen LogP contribution in [0, 0.1) is 5.82 Å². The van der Waals surface area contributed by atoms with E-state index in [1.165, 1.54) is 25.2 Å². The molecule has 0 aliphatic carbocycles. The Hall–Kier alpha value is -2.66. The number of para-hydroxylation sites is 2. The first-order valence-electron chi connectivity index (χ1n) is 8.35. The maximum Gasteiger partial charge on any atom is 0.573 e. The second-order valence-corrected chi connectivity index (χ2v) is 8.02. The van der Waals surface area contributed by atoms with Crippen LogP contribution in [0.5, 0.6) is 5.75 Å². The Bertz CT molecular complexity index is 947. The van der Waals surface area contributed by atoms with Crippen LogP contribution >= 0.6 is 0 Å². The monoisotopic (exact) mass is 434 g/mol. The highest BCUT2D eigenvalue weighted by molar-refractivity contribution is 7.89. The molecule has 29 heavy (non-hydrogen) atoms. The summed E-state index contributed by atoms with van der Waals surface area (Å²) >= 11 is 0. The summed E-state index contributed by atoms with van der Waals surface area (Å²) in [6.45, 7) is -0.0200. The number of nitrogens with one attached hydrogen (secondary N) is 1. The van der Waals surface area contributed by atoms with Crippen LogP contribution in [0.2, 0.25) is 0 Å². The number of hydrogen-bond donors (Lipinski definition) is 1. The zero-order valence-corrected chi connectivity index (χ0v) is 16.1. The molecule has 2 aromatic rings. The normalized spacial score (nSPS) is 12.1. The fourth-order valence-corrected chi connectivity index (χ4v) is 3.57. The lowest BCUT2D eigenvalue weighted by molar-refractivity contribution is -0.274. The van der Waals surface area contributed by atoms with Gasteiger partial charge in [0.05, 0.1) is 10.6 Å². The minimum atomic E-state index is -4.90. The lowest BCUT2D eigenvalue weighted by Crippen LogP contribution is -2.28. The van der Waals surface area contributed by atoms with Crippen molar-refractivity contribution in [3.63, 3.8) is 0 Å². The van der Waals surface area contributed by atoms with Gasteiger partial charge in [-0.1, -0.05) is 12.1 Å². The standard InChI is InChI=1S/C18H18F4N2O4S/c1-24(29(26,27)14-10-8-13(19)9-11-14)12-4-7-17(25)23-15-5-2-3-6-16(15)28-18(20,21)22/h2-3,5-6,8-11H,4,7,12H2,1H3,(H,23,25). The molecule has 0 radical (unpaired) electrons. The lowest BCUT2D eigenvalue weighted by Gasteiger charge is -2.17. The van der Waals surface area contributed by atoms with E-state index in [4.69, 9.17) is 0 Å². The van der Waals surface area contributed by atoms with Crippen LogP contribution in [0.1, 0.15) is 12.8 Å². The summed E-state index contributed by atoms with van der Waals surface area (Å²) < 4.78 is 79.8. The first-order valence-corrected chi connectivity index (χ1v) is 9.79. The van der Waals surface area contributed by atoms with E-state index < -0.39 is 33.9 Å². The number of amides is 1. The third-order valence-electron chi connectivity index (χ3n) is 3.79. The maximum absolute atomic E-state index is 12.9. The molecule has 0 atom stereocenters. The highest BCUT2D eigenvalue weighted by Gasteiger charge is 2.32. The molecule has 0 saturated heterocycles. The van der Waals surface area contributed by atoms with Crippen LogP contribution in [-0.2, 0) is 14.8 Å². The van der Waals surface area contributed by atoms with Crippen molar-refractivity contribution >= 4 is 21.6 Å². The maximum atomic E-state index is 12.9. The molecule has 2 aromatic carbocycles. The van der Waals surface area contributed by atoms with Crippen molar-refractivity contribution in [3.05, 3.63) is 54.3 Å². The van der Waals surface area contributed by atoms with Crippen molar-refractivity contribution in [2.24, 2.45) is 0 Å². The fraction of sp³-hybridized carbons (Fsp3) is 0.278. The van der Waals surface area contributed by atoms with Gasteiger partial charge in [0, 0.05) is 20.0 Å². The summed E-state index contributed by atoms with van der Waals surface area (Å²) in [5.41, 5.74) is -0.151. The first kappa shape index (κ1) is 22.6. The number of carbonyl (C=O) groups is 1. The van der Waals surface area contributed by atoms with E-state index in [0.717, 1.165) is 34.6 Å². The smallest absolute Gasteiger partial charge is 0.404 e. The van der Waals surface area contributed by atoms with Crippen LogP contribution < -0.4 is 10.1 Å². The van der Waals surface area contributed by atoms with Crippen molar-refractivity contribution in [2.45, 2.75) is 24.1 Å². The van der Waals surface area contributed by atoms with E-state index in [1.54, 1.807) is 0 Å². The predicted octanol–water partition coefficient (Wildman–Crippen LogP) is 3.76. The van der Waals surface area contributed by atoms with E-state index in [1.807, 2.05) is 0 Å². The summed E-state index contributed by atoms with van der Waals surface area (Å²) in [6.07, 6.45) is -4.92. The molecule has 0 aromatic heterocycles. The molecule has 0 bridgehead atoms. The second kappa shape index (κ2) is 9.23. The summed E-state index contributed by atoms with van der Waals surface area (Å²) in [5, 5.41) is 2.31. The Labute approximate surface area is 165 Å². The molecule has 1 amide bonds. The van der Waals surface area contributed by atoms with Gasteiger partial charge in [0.2, 0.25) is 15.9 Å². The number of anilines is 1. The van der Waals surface area contributed by atoms with Crippen molar-refractivity contribution in [3.8, 4) is 5.75 Å². The SMILES string of the molecule is CN(CCCC(=O)Nc1ccccc1OC(F)(F)F)S(=O)(=O)c1ccc(F)cc1. The third kappa shape index (κ3) is 6.71. The lowest BCUT2D eigenvalue weighted by atomic mass is 10.2. The molecule has 0 fully saturated rings. The molecule has 0 aliphatic rings. The molecule has 0 unspecified atom stereocenters. The number of ether oxygens (including phenoxy) is 1. The largest absolute Gasteiger partial charge is 0.573 e. The van der Waals surface area contributed by atoms with Crippen molar-refractivity contribution < 1.29 is 35.5 Å². The second-order valence-electron chi connectivity index (χ2n) is 5.98. The number of carbonyl (C=O) groups excluding carboxylic acids is 1. The number of alkyl halides is 3. The predicted molar refractivity (Wildman–Crippen MR) is 97.2 cm³/mol. The highest BCUT2D eigenvalue weighted by Crippen LogP contribution is 2.30. The molecule has 1 N–H and O–H groups in total. The number of hydrogen-bond acceptors (Lipinski definition) is 4. The first-order chi connectivity index (χ1) is 13.5. The van der Waals surface area contributed by atoms with Gasteiger partial charge < -0.3 is 10.1 Å². The van der Waals surface area contributed by atoms with Crippen molar-refractivity contribution in [1.29, 1.82) is 0 Å². The molecular weight excluding hydrogens is 416 g/mol. The van der Waals surface area contributed by atoms with Gasteiger partial charge in [-0.15, -0.1) is 13.2 Å². The summed E-state index contributed by atoms with van der Waals surface area (Å²) in [6, 6.07) is 9.38. The van der Waals surface area contributed by atoms with Gasteiger partial charge in [0.25, 0.3) is 0 Å². The zero-order valence-electron chi connectivity index (χ0n) is 15.2. The van der Waals surface area contributed by atoms with Gasteiger partial charge in [-0.2, -0.15) is 0 Å². The van der Waals surface area contributed by atoms with Gasteiger partial charge in [-0.25, -0.2) is 17.1 Å². The molecular formula is C18H18F4N2O4S. The molecule has 158 valence electrons. The minimum Gasteiger partial charge on any atom is -0.404 e. The number of rotatable bonds is 8. The van der Waals surface area contributed by atoms with Gasteiger partial charge in [0.15, 0.2) is 5.75 Å². The Balaban J connectivity index is 1.91. The van der Waals surface area contributed by atoms with E-state index in [9.17, 15) is 30.8 Å². The van der Waals surface area contributed by atoms with Crippen LogP contribution in [0.15, 0.2) is 53.4 Å². The molecule has 0 heterocycles. The third-order valence-corrected chi connectivity index (χ3v) is 5.66. The van der Waals surface area contributed by atoms with Crippen LogP contribution in [0.25, 0.3) is 0 Å². The Morgan fingerprint density at radius 2 is 1.72 bits per heavy atom. The zero-order chi connectivity index (χ0) is 21.7. The average Bonchev–Trinajstić information content (AvgIpc) is 2.62. The Kier molecular flexibility index (Phi) is 7.20. The van der Waals surface area contributed by atoms with Gasteiger partial charge >= 0.3 is 6.36 Å². The van der Waals surface area contributed by atoms with E-state index >= 15 is 0 Å². The molecule has 6 nitrogen and oxygen atoms in total. The van der Waals surface area contributed by atoms with Gasteiger partial charge in [0.1, 0.15) is 5.82 Å². The van der Waals surface area contributed by atoms with E-state index in [0.29, 0.717) is 0 Å². The number of nitrogens with zero attached hydrogens (tertiary/aromatic N) is 1. The topological polar surface area (TPSA) is 75.7 Å². The van der Waals surface area contributed by atoms with Crippen LogP contribution in [-0.4, -0.2) is 38.6 Å². The molecule has 0 spiro atoms. The Morgan fingerprint density at radius 1 is 1.10 bits per heavy atom. The van der Waals surface area contributed by atoms with Crippen LogP contribution in [0.3, 0.4) is 0 Å². The van der Waals surface area contributed by atoms with Crippen LogP contribution in [0.4, 0.5) is 23.2 Å². The molecule has 0 aliphatic heterocycles. The molecule has 11 heteroatoms.